The molecule has 0 unspecified atom stereocenters. The summed E-state index contributed by atoms with van der Waals surface area (Å²) in [5.41, 5.74) is 0.0840. The summed E-state index contributed by atoms with van der Waals surface area (Å²) in [7, 11) is 5.56. The first-order valence-electron chi connectivity index (χ1n) is 8.68. The Morgan fingerprint density at radius 3 is 2.69 bits per heavy atom. The normalized spacial score (nSPS) is 15.9. The number of carbonyl (C=O) groups excluding carboxylic acids is 1. The van der Waals surface area contributed by atoms with E-state index in [1.54, 1.807) is 11.0 Å². The molecule has 1 N–H and O–H groups in total. The maximum atomic E-state index is 13.9. The number of hydrogen-bond acceptors (Lipinski definition) is 5. The van der Waals surface area contributed by atoms with Gasteiger partial charge >= 0.3 is 6.09 Å². The van der Waals surface area contributed by atoms with Gasteiger partial charge in [-0.3, -0.25) is 0 Å². The van der Waals surface area contributed by atoms with E-state index in [0.29, 0.717) is 29.9 Å². The third kappa shape index (κ3) is 4.23. The average Bonchev–Trinajstić information content (AvgIpc) is 2.57. The highest BCUT2D eigenvalue weighted by atomic mass is 19.1. The van der Waals surface area contributed by atoms with Gasteiger partial charge in [0.2, 0.25) is 5.95 Å². The molecule has 2 aromatic rings. The molecule has 1 fully saturated rings. The van der Waals surface area contributed by atoms with E-state index in [9.17, 15) is 9.18 Å². The molecule has 0 atom stereocenters. The van der Waals surface area contributed by atoms with Gasteiger partial charge in [0.1, 0.15) is 19.3 Å². The molecular formula is C18H22BFN4O2. The summed E-state index contributed by atoms with van der Waals surface area (Å²) in [5, 5.41) is 3.56. The van der Waals surface area contributed by atoms with Crippen LogP contribution < -0.4 is 10.8 Å². The first kappa shape index (κ1) is 18.4. The summed E-state index contributed by atoms with van der Waals surface area (Å²) < 4.78 is 19.3. The molecule has 1 amide bonds. The molecule has 6 nitrogen and oxygen atoms in total. The lowest BCUT2D eigenvalue weighted by atomic mass is 9.94. The van der Waals surface area contributed by atoms with E-state index in [-0.39, 0.29) is 17.6 Å². The van der Waals surface area contributed by atoms with Crippen molar-refractivity contribution in [1.29, 1.82) is 0 Å². The zero-order valence-corrected chi connectivity index (χ0v) is 15.3. The largest absolute Gasteiger partial charge is 0.444 e. The van der Waals surface area contributed by atoms with Crippen molar-refractivity contribution in [2.24, 2.45) is 0 Å². The highest BCUT2D eigenvalue weighted by Gasteiger charge is 2.27. The predicted octanol–water partition coefficient (Wildman–Crippen LogP) is 2.37. The maximum absolute atomic E-state index is 13.9. The number of aromatic nitrogens is 2. The van der Waals surface area contributed by atoms with E-state index >= 15 is 0 Å². The van der Waals surface area contributed by atoms with Crippen LogP contribution in [-0.2, 0) is 4.74 Å². The number of ether oxygens (including phenoxy) is 1. The molecular weight excluding hydrogens is 334 g/mol. The second kappa shape index (κ2) is 7.09. The summed E-state index contributed by atoms with van der Waals surface area (Å²) in [6.07, 6.45) is 2.67. The molecule has 1 aromatic heterocycles. The van der Waals surface area contributed by atoms with Gasteiger partial charge in [-0.05, 0) is 39.7 Å². The van der Waals surface area contributed by atoms with Gasteiger partial charge in [-0.15, -0.1) is 0 Å². The molecule has 2 radical (unpaired) electrons. The lowest BCUT2D eigenvalue weighted by Crippen LogP contribution is -2.44. The molecule has 136 valence electrons. The second-order valence-electron chi connectivity index (χ2n) is 7.48. The summed E-state index contributed by atoms with van der Waals surface area (Å²) in [6.45, 7) is 6.77. The van der Waals surface area contributed by atoms with Crippen LogP contribution >= 0.6 is 0 Å². The number of halogens is 1. The minimum absolute atomic E-state index is 0.0799. The fourth-order valence-electron chi connectivity index (χ4n) is 2.87. The number of rotatable bonds is 2. The standard InChI is InChI=1S/C18H22BFN4O2/c1-18(2,3)26-17(25)24-8-6-11(7-9-24)22-16-21-10-12-14(23-16)5-4-13(19)15(12)20/h4-5,10-11H,6-9H2,1-3H3,(H,21,22,23). The minimum Gasteiger partial charge on any atom is -0.444 e. The fraction of sp³-hybridized carbons (Fsp3) is 0.500. The highest BCUT2D eigenvalue weighted by molar-refractivity contribution is 6.33. The van der Waals surface area contributed by atoms with Gasteiger partial charge < -0.3 is 15.0 Å². The zero-order chi connectivity index (χ0) is 18.9. The van der Waals surface area contributed by atoms with E-state index in [1.165, 1.54) is 12.3 Å². The minimum atomic E-state index is -0.500. The van der Waals surface area contributed by atoms with E-state index in [2.05, 4.69) is 15.3 Å². The molecule has 0 aliphatic carbocycles. The highest BCUT2D eigenvalue weighted by Crippen LogP contribution is 2.19. The smallest absolute Gasteiger partial charge is 0.410 e. The molecule has 26 heavy (non-hydrogen) atoms. The van der Waals surface area contributed by atoms with Gasteiger partial charge in [0.25, 0.3) is 0 Å². The number of anilines is 1. The summed E-state index contributed by atoms with van der Waals surface area (Å²) in [6, 6.07) is 3.31. The van der Waals surface area contributed by atoms with Gasteiger partial charge in [0.15, 0.2) is 0 Å². The van der Waals surface area contributed by atoms with Crippen molar-refractivity contribution in [1.82, 2.24) is 14.9 Å². The molecule has 1 aliphatic rings. The number of nitrogens with zero attached hydrogens (tertiary/aromatic N) is 3. The second-order valence-corrected chi connectivity index (χ2v) is 7.48. The number of carbonyl (C=O) groups is 1. The van der Waals surface area contributed by atoms with Crippen LogP contribution in [0.1, 0.15) is 33.6 Å². The number of nitrogens with one attached hydrogen (secondary N) is 1. The van der Waals surface area contributed by atoms with Crippen molar-refractivity contribution in [3.8, 4) is 0 Å². The first-order chi connectivity index (χ1) is 12.2. The average molecular weight is 356 g/mol. The summed E-state index contributed by atoms with van der Waals surface area (Å²) >= 11 is 0. The number of benzene rings is 1. The van der Waals surface area contributed by atoms with Crippen LogP contribution in [0.5, 0.6) is 0 Å². The fourth-order valence-corrected chi connectivity index (χ4v) is 2.87. The van der Waals surface area contributed by atoms with E-state index in [1.807, 2.05) is 20.8 Å². The molecule has 1 saturated heterocycles. The van der Waals surface area contributed by atoms with Gasteiger partial charge in [-0.1, -0.05) is 11.5 Å². The number of hydrogen-bond donors (Lipinski definition) is 1. The molecule has 2 heterocycles. The van der Waals surface area contributed by atoms with Gasteiger partial charge in [-0.2, -0.15) is 0 Å². The lowest BCUT2D eigenvalue weighted by Gasteiger charge is -2.33. The van der Waals surface area contributed by atoms with Crippen LogP contribution in [0, 0.1) is 5.82 Å². The number of amides is 1. The van der Waals surface area contributed by atoms with E-state index in [4.69, 9.17) is 12.6 Å². The summed E-state index contributed by atoms with van der Waals surface area (Å²) in [5.74, 6) is -0.0582. The topological polar surface area (TPSA) is 67.4 Å². The Morgan fingerprint density at radius 2 is 2.04 bits per heavy atom. The molecule has 0 spiro atoms. The SMILES string of the molecule is [B]c1ccc2nc(NC3CCN(C(=O)OC(C)(C)C)CC3)ncc2c1F. The Labute approximate surface area is 153 Å². The van der Waals surface area contributed by atoms with Gasteiger partial charge in [0.05, 0.1) is 10.9 Å². The van der Waals surface area contributed by atoms with Crippen LogP contribution in [0.25, 0.3) is 10.9 Å². The van der Waals surface area contributed by atoms with Gasteiger partial charge in [-0.25, -0.2) is 19.2 Å². The van der Waals surface area contributed by atoms with Crippen molar-refractivity contribution in [3.05, 3.63) is 24.1 Å². The monoisotopic (exact) mass is 356 g/mol. The maximum Gasteiger partial charge on any atom is 0.410 e. The van der Waals surface area contributed by atoms with Crippen molar-refractivity contribution < 1.29 is 13.9 Å². The molecule has 0 bridgehead atoms. The Hall–Kier alpha value is -2.38. The Kier molecular flexibility index (Phi) is 5.02. The van der Waals surface area contributed by atoms with Crippen LogP contribution in [0.4, 0.5) is 15.1 Å². The molecule has 1 aliphatic heterocycles. The molecule has 0 saturated carbocycles. The Bertz CT molecular complexity index is 817. The quantitative estimate of drug-likeness (QED) is 0.837. The first-order valence-corrected chi connectivity index (χ1v) is 8.68. The lowest BCUT2D eigenvalue weighted by molar-refractivity contribution is 0.0210. The van der Waals surface area contributed by atoms with Crippen molar-refractivity contribution in [2.75, 3.05) is 18.4 Å². The zero-order valence-electron chi connectivity index (χ0n) is 15.3. The van der Waals surface area contributed by atoms with E-state index in [0.717, 1.165) is 12.8 Å². The van der Waals surface area contributed by atoms with Crippen LogP contribution in [0.2, 0.25) is 0 Å². The van der Waals surface area contributed by atoms with Gasteiger partial charge in [0, 0.05) is 25.3 Å². The Morgan fingerprint density at radius 1 is 1.35 bits per heavy atom. The van der Waals surface area contributed by atoms with Crippen LogP contribution in [-0.4, -0.2) is 53.5 Å². The van der Waals surface area contributed by atoms with Crippen LogP contribution in [0.15, 0.2) is 18.3 Å². The number of fused-ring (bicyclic) bond motifs is 1. The van der Waals surface area contributed by atoms with Crippen molar-refractivity contribution in [2.45, 2.75) is 45.3 Å². The molecule has 1 aromatic carbocycles. The van der Waals surface area contributed by atoms with Crippen LogP contribution in [0.3, 0.4) is 0 Å². The number of piperidine rings is 1. The van der Waals surface area contributed by atoms with E-state index < -0.39 is 11.4 Å². The van der Waals surface area contributed by atoms with Crippen molar-refractivity contribution in [3.63, 3.8) is 0 Å². The predicted molar refractivity (Wildman–Crippen MR) is 99.3 cm³/mol. The third-order valence-corrected chi connectivity index (χ3v) is 4.21. The number of likely N-dealkylation sites (tertiary alicyclic amines) is 1. The van der Waals surface area contributed by atoms with Crippen molar-refractivity contribution >= 4 is 36.3 Å². The Balaban J connectivity index is 1.60. The summed E-state index contributed by atoms with van der Waals surface area (Å²) in [4.78, 5) is 22.3. The third-order valence-electron chi connectivity index (χ3n) is 4.21. The molecule has 3 rings (SSSR count). The molecule has 8 heteroatoms.